The molecule has 27 heavy (non-hydrogen) atoms. The number of ether oxygens (including phenoxy) is 1. The number of rotatable bonds is 4. The van der Waals surface area contributed by atoms with Gasteiger partial charge in [0.2, 0.25) is 5.95 Å². The Morgan fingerprint density at radius 3 is 2.70 bits per heavy atom. The highest BCUT2D eigenvalue weighted by Crippen LogP contribution is 2.37. The van der Waals surface area contributed by atoms with E-state index in [9.17, 15) is 4.79 Å². The molecule has 0 amide bonds. The third-order valence-electron chi connectivity index (χ3n) is 4.35. The summed E-state index contributed by atoms with van der Waals surface area (Å²) in [7, 11) is 0. The summed E-state index contributed by atoms with van der Waals surface area (Å²) in [5.41, 5.74) is 2.67. The topological polar surface area (TPSA) is 81.9 Å². The number of esters is 1. The number of halogens is 1. The standard InChI is InChI=1S/C19H16ClN5O2/c1-12-16(18(26)27-11-13-7-3-2-4-8-13)17(14-9-5-6-10-15(14)20)25-19(21-12)22-23-24-25/h2-10,17H,11H2,1H3,(H,21,22,24). The fourth-order valence-corrected chi connectivity index (χ4v) is 3.30. The van der Waals surface area contributed by atoms with Crippen molar-refractivity contribution in [2.45, 2.75) is 19.6 Å². The fraction of sp³-hybridized carbons (Fsp3) is 0.158. The Labute approximate surface area is 160 Å². The molecule has 1 unspecified atom stereocenters. The third-order valence-corrected chi connectivity index (χ3v) is 4.69. The van der Waals surface area contributed by atoms with Gasteiger partial charge >= 0.3 is 5.97 Å². The number of benzene rings is 2. The average Bonchev–Trinajstić information content (AvgIpc) is 3.14. The summed E-state index contributed by atoms with van der Waals surface area (Å²) in [4.78, 5) is 13.0. The fourth-order valence-electron chi connectivity index (χ4n) is 3.06. The lowest BCUT2D eigenvalue weighted by atomic mass is 9.96. The monoisotopic (exact) mass is 381 g/mol. The largest absolute Gasteiger partial charge is 0.457 e. The van der Waals surface area contributed by atoms with Gasteiger partial charge in [-0.05, 0) is 29.0 Å². The van der Waals surface area contributed by atoms with Crippen LogP contribution in [0.2, 0.25) is 5.02 Å². The number of carbonyl (C=O) groups excluding carboxylic acids is 1. The summed E-state index contributed by atoms with van der Waals surface area (Å²) in [5.74, 6) is -0.00745. The maximum atomic E-state index is 13.0. The molecule has 0 saturated heterocycles. The summed E-state index contributed by atoms with van der Waals surface area (Å²) in [5, 5.41) is 15.3. The van der Waals surface area contributed by atoms with Gasteiger partial charge in [-0.15, -0.1) is 0 Å². The van der Waals surface area contributed by atoms with E-state index in [-0.39, 0.29) is 6.61 Å². The molecule has 1 atom stereocenters. The SMILES string of the molecule is CC1=C(C(=O)OCc2ccccc2)C(c2ccccc2Cl)n2nnnc2N1. The minimum absolute atomic E-state index is 0.175. The second-order valence-corrected chi connectivity index (χ2v) is 6.50. The Morgan fingerprint density at radius 2 is 1.93 bits per heavy atom. The first-order valence-corrected chi connectivity index (χ1v) is 8.74. The lowest BCUT2D eigenvalue weighted by Crippen LogP contribution is -2.29. The lowest BCUT2D eigenvalue weighted by Gasteiger charge is -2.27. The van der Waals surface area contributed by atoms with Gasteiger partial charge in [-0.2, -0.15) is 4.68 Å². The summed E-state index contributed by atoms with van der Waals surface area (Å²) in [6, 6.07) is 16.2. The number of hydrogen-bond acceptors (Lipinski definition) is 6. The van der Waals surface area contributed by atoms with Crippen LogP contribution >= 0.6 is 11.6 Å². The van der Waals surface area contributed by atoms with Gasteiger partial charge in [0.05, 0.1) is 5.57 Å². The quantitative estimate of drug-likeness (QED) is 0.698. The average molecular weight is 382 g/mol. The summed E-state index contributed by atoms with van der Waals surface area (Å²) >= 11 is 6.40. The van der Waals surface area contributed by atoms with E-state index in [0.29, 0.717) is 22.2 Å². The number of fused-ring (bicyclic) bond motifs is 1. The van der Waals surface area contributed by atoms with Gasteiger partial charge in [-0.25, -0.2) is 4.79 Å². The van der Waals surface area contributed by atoms with Crippen molar-refractivity contribution >= 4 is 23.5 Å². The molecule has 0 bridgehead atoms. The van der Waals surface area contributed by atoms with Gasteiger partial charge in [0.25, 0.3) is 0 Å². The number of nitrogens with one attached hydrogen (secondary N) is 1. The van der Waals surface area contributed by atoms with Crippen LogP contribution in [0.4, 0.5) is 5.95 Å². The van der Waals surface area contributed by atoms with Crippen LogP contribution < -0.4 is 5.32 Å². The van der Waals surface area contributed by atoms with Gasteiger partial charge in [0, 0.05) is 16.3 Å². The Kier molecular flexibility index (Phi) is 4.60. The molecular formula is C19H16ClN5O2. The van der Waals surface area contributed by atoms with Crippen molar-refractivity contribution in [3.05, 3.63) is 82.0 Å². The molecule has 8 heteroatoms. The van der Waals surface area contributed by atoms with Crippen LogP contribution in [0.1, 0.15) is 24.1 Å². The number of allylic oxidation sites excluding steroid dienone is 1. The van der Waals surface area contributed by atoms with Crippen LogP contribution in [-0.4, -0.2) is 26.2 Å². The van der Waals surface area contributed by atoms with Crippen molar-refractivity contribution < 1.29 is 9.53 Å². The van der Waals surface area contributed by atoms with Crippen molar-refractivity contribution in [1.82, 2.24) is 20.2 Å². The number of aromatic nitrogens is 4. The number of tetrazole rings is 1. The van der Waals surface area contributed by atoms with Gasteiger partial charge in [-0.3, -0.25) is 0 Å². The minimum Gasteiger partial charge on any atom is -0.457 e. The van der Waals surface area contributed by atoms with E-state index >= 15 is 0 Å². The van der Waals surface area contributed by atoms with Crippen molar-refractivity contribution in [2.24, 2.45) is 0 Å². The van der Waals surface area contributed by atoms with E-state index in [1.54, 1.807) is 13.0 Å². The van der Waals surface area contributed by atoms with E-state index in [2.05, 4.69) is 20.8 Å². The van der Waals surface area contributed by atoms with E-state index < -0.39 is 12.0 Å². The second kappa shape index (κ2) is 7.20. The zero-order valence-corrected chi connectivity index (χ0v) is 15.2. The van der Waals surface area contributed by atoms with Gasteiger partial charge in [0.1, 0.15) is 12.6 Å². The molecule has 0 saturated carbocycles. The Bertz CT molecular complexity index is 1020. The molecule has 2 aromatic carbocycles. The first-order chi connectivity index (χ1) is 13.1. The number of carbonyl (C=O) groups is 1. The third kappa shape index (κ3) is 3.29. The van der Waals surface area contributed by atoms with Crippen LogP contribution in [0.15, 0.2) is 65.9 Å². The van der Waals surface area contributed by atoms with Crippen LogP contribution in [0.3, 0.4) is 0 Å². The van der Waals surface area contributed by atoms with E-state index in [0.717, 1.165) is 11.1 Å². The molecule has 0 radical (unpaired) electrons. The molecule has 3 aromatic rings. The Balaban J connectivity index is 1.70. The van der Waals surface area contributed by atoms with Crippen LogP contribution in [0, 0.1) is 0 Å². The molecule has 4 rings (SSSR count). The highest BCUT2D eigenvalue weighted by molar-refractivity contribution is 6.31. The first kappa shape index (κ1) is 17.2. The predicted molar refractivity (Wildman–Crippen MR) is 100.0 cm³/mol. The molecular weight excluding hydrogens is 366 g/mol. The zero-order valence-electron chi connectivity index (χ0n) is 14.5. The molecule has 7 nitrogen and oxygen atoms in total. The molecule has 1 N–H and O–H groups in total. The van der Waals surface area contributed by atoms with Crippen molar-refractivity contribution in [3.8, 4) is 0 Å². The van der Waals surface area contributed by atoms with Gasteiger partial charge in [-0.1, -0.05) is 65.2 Å². The highest BCUT2D eigenvalue weighted by atomic mass is 35.5. The predicted octanol–water partition coefficient (Wildman–Crippen LogP) is 3.36. The van der Waals surface area contributed by atoms with E-state index in [1.807, 2.05) is 48.5 Å². The van der Waals surface area contributed by atoms with Crippen LogP contribution in [0.5, 0.6) is 0 Å². The normalized spacial score (nSPS) is 15.9. The molecule has 0 spiro atoms. The van der Waals surface area contributed by atoms with Crippen molar-refractivity contribution in [2.75, 3.05) is 5.32 Å². The molecule has 0 aliphatic carbocycles. The molecule has 0 fully saturated rings. The zero-order chi connectivity index (χ0) is 18.8. The van der Waals surface area contributed by atoms with Gasteiger partial charge < -0.3 is 10.1 Å². The van der Waals surface area contributed by atoms with Crippen LogP contribution in [-0.2, 0) is 16.1 Å². The molecule has 2 heterocycles. The molecule has 1 aliphatic rings. The highest BCUT2D eigenvalue weighted by Gasteiger charge is 2.35. The van der Waals surface area contributed by atoms with E-state index in [1.165, 1.54) is 4.68 Å². The summed E-state index contributed by atoms with van der Waals surface area (Å²) in [6.45, 7) is 1.97. The lowest BCUT2D eigenvalue weighted by molar-refractivity contribution is -0.140. The minimum atomic E-state index is -0.576. The summed E-state index contributed by atoms with van der Waals surface area (Å²) < 4.78 is 7.09. The molecule has 1 aromatic heterocycles. The first-order valence-electron chi connectivity index (χ1n) is 8.36. The van der Waals surface area contributed by atoms with E-state index in [4.69, 9.17) is 16.3 Å². The number of anilines is 1. The number of nitrogens with zero attached hydrogens (tertiary/aromatic N) is 4. The van der Waals surface area contributed by atoms with Crippen LogP contribution in [0.25, 0.3) is 0 Å². The van der Waals surface area contributed by atoms with Gasteiger partial charge in [0.15, 0.2) is 0 Å². The van der Waals surface area contributed by atoms with Crippen molar-refractivity contribution in [3.63, 3.8) is 0 Å². The second-order valence-electron chi connectivity index (χ2n) is 6.10. The smallest absolute Gasteiger partial charge is 0.338 e. The maximum Gasteiger partial charge on any atom is 0.338 e. The Hall–Kier alpha value is -3.19. The maximum absolute atomic E-state index is 13.0. The summed E-state index contributed by atoms with van der Waals surface area (Å²) in [6.07, 6.45) is 0. The Morgan fingerprint density at radius 1 is 1.19 bits per heavy atom. The molecule has 136 valence electrons. The van der Waals surface area contributed by atoms with Crippen molar-refractivity contribution in [1.29, 1.82) is 0 Å². The number of hydrogen-bond donors (Lipinski definition) is 1. The molecule has 1 aliphatic heterocycles.